The number of carbonyl (C=O) groups is 1. The molecule has 1 aliphatic carbocycles. The molecule has 2 fully saturated rings. The number of carbonyl (C=O) groups excluding carboxylic acids is 1. The first-order chi connectivity index (χ1) is 20.2. The Labute approximate surface area is 243 Å². The Kier molecular flexibility index (Phi) is 8.74. The fourth-order valence-electron chi connectivity index (χ4n) is 6.15. The van der Waals surface area contributed by atoms with Crippen LogP contribution in [-0.2, 0) is 22.6 Å². The van der Waals surface area contributed by atoms with Gasteiger partial charge in [0.25, 0.3) is 0 Å². The lowest BCUT2D eigenvalue weighted by Crippen LogP contribution is -2.38. The van der Waals surface area contributed by atoms with Gasteiger partial charge in [-0.05, 0) is 55.2 Å². The quantitative estimate of drug-likeness (QED) is 0.218. The molecular formula is C36H41N3O2. The molecule has 1 amide bonds. The number of piperidine rings is 1. The lowest BCUT2D eigenvalue weighted by Gasteiger charge is -2.32. The van der Waals surface area contributed by atoms with Gasteiger partial charge in [-0.15, -0.1) is 0 Å². The van der Waals surface area contributed by atoms with E-state index in [2.05, 4.69) is 47.5 Å². The number of fused-ring (bicyclic) bond motifs is 1. The van der Waals surface area contributed by atoms with Gasteiger partial charge in [0.05, 0.1) is 36.4 Å². The van der Waals surface area contributed by atoms with Crippen LogP contribution >= 0.6 is 0 Å². The molecule has 5 nitrogen and oxygen atoms in total. The second-order valence-corrected chi connectivity index (χ2v) is 11.7. The van der Waals surface area contributed by atoms with Gasteiger partial charge in [0.1, 0.15) is 0 Å². The summed E-state index contributed by atoms with van der Waals surface area (Å²) in [6.07, 6.45) is 6.24. The molecule has 3 aromatic carbocycles. The number of benzene rings is 3. The molecule has 0 bridgehead atoms. The predicted molar refractivity (Wildman–Crippen MR) is 165 cm³/mol. The number of hydrogen-bond donors (Lipinski definition) is 1. The van der Waals surface area contributed by atoms with Crippen molar-refractivity contribution in [2.24, 2.45) is 5.92 Å². The monoisotopic (exact) mass is 547 g/mol. The van der Waals surface area contributed by atoms with Crippen molar-refractivity contribution in [1.29, 1.82) is 0 Å². The lowest BCUT2D eigenvalue weighted by atomic mass is 9.94. The zero-order chi connectivity index (χ0) is 28.0. The molecule has 1 N–H and O–H groups in total. The van der Waals surface area contributed by atoms with E-state index >= 15 is 0 Å². The minimum absolute atomic E-state index is 0.0192. The Morgan fingerprint density at radius 1 is 0.902 bits per heavy atom. The van der Waals surface area contributed by atoms with Gasteiger partial charge >= 0.3 is 0 Å². The van der Waals surface area contributed by atoms with Crippen LogP contribution in [0.2, 0.25) is 0 Å². The fourth-order valence-corrected chi connectivity index (χ4v) is 6.15. The Bertz CT molecular complexity index is 1440. The molecule has 1 saturated heterocycles. The molecule has 2 heterocycles. The number of amides is 1. The van der Waals surface area contributed by atoms with E-state index in [1.807, 2.05) is 54.6 Å². The van der Waals surface area contributed by atoms with E-state index < -0.39 is 0 Å². The molecule has 41 heavy (non-hydrogen) atoms. The molecule has 0 radical (unpaired) electrons. The van der Waals surface area contributed by atoms with Crippen LogP contribution in [0.15, 0.2) is 84.9 Å². The van der Waals surface area contributed by atoms with Crippen LogP contribution in [0, 0.1) is 5.92 Å². The van der Waals surface area contributed by atoms with Gasteiger partial charge in [0.15, 0.2) is 0 Å². The Balaban J connectivity index is 1.29. The number of likely N-dealkylation sites (tertiary alicyclic amines) is 1. The SMILES string of the molecule is CC[C@H](NC(=O)Cc1c(COC2CCN(CC3CC3)CC2)c(-c2ccccc2)nc2ccccc12)c1ccccc1. The number of nitrogens with zero attached hydrogens (tertiary/aromatic N) is 2. The standard InChI is InChI=1S/C36H41N3O2/c1-2-33(27-11-5-3-6-12-27)37-35(40)23-31-30-15-9-10-16-34(30)38-36(28-13-7-4-8-14-28)32(31)25-41-29-19-21-39(22-20-29)24-26-17-18-26/h3-16,26,29,33H,2,17-25H2,1H3,(H,37,40)/t33-/m0/s1. The van der Waals surface area contributed by atoms with Crippen molar-refractivity contribution in [2.45, 2.75) is 64.2 Å². The maximum Gasteiger partial charge on any atom is 0.224 e. The van der Waals surface area contributed by atoms with E-state index in [4.69, 9.17) is 9.72 Å². The third-order valence-electron chi connectivity index (χ3n) is 8.65. The second-order valence-electron chi connectivity index (χ2n) is 11.7. The normalized spacial score (nSPS) is 17.0. The summed E-state index contributed by atoms with van der Waals surface area (Å²) in [7, 11) is 0. The number of pyridine rings is 1. The van der Waals surface area contributed by atoms with Gasteiger partial charge in [-0.3, -0.25) is 4.79 Å². The zero-order valence-electron chi connectivity index (χ0n) is 24.1. The highest BCUT2D eigenvalue weighted by atomic mass is 16.5. The van der Waals surface area contributed by atoms with E-state index in [1.165, 1.54) is 19.4 Å². The average Bonchev–Trinajstić information content (AvgIpc) is 3.85. The zero-order valence-corrected chi connectivity index (χ0v) is 24.1. The summed E-state index contributed by atoms with van der Waals surface area (Å²) in [5.41, 5.74) is 6.03. The number of aromatic nitrogens is 1. The van der Waals surface area contributed by atoms with Gasteiger partial charge in [0, 0.05) is 36.1 Å². The number of para-hydroxylation sites is 1. The summed E-state index contributed by atoms with van der Waals surface area (Å²) in [5, 5.41) is 4.33. The third-order valence-corrected chi connectivity index (χ3v) is 8.65. The fraction of sp³-hybridized carbons (Fsp3) is 0.389. The summed E-state index contributed by atoms with van der Waals surface area (Å²) in [6.45, 7) is 6.03. The molecule has 2 aliphatic rings. The number of nitrogens with one attached hydrogen (secondary N) is 1. The van der Waals surface area contributed by atoms with Gasteiger partial charge in [-0.2, -0.15) is 0 Å². The van der Waals surface area contributed by atoms with Crippen molar-refractivity contribution in [2.75, 3.05) is 19.6 Å². The number of ether oxygens (including phenoxy) is 1. The third kappa shape index (κ3) is 6.86. The molecular weight excluding hydrogens is 506 g/mol. The molecule has 212 valence electrons. The van der Waals surface area contributed by atoms with Crippen LogP contribution in [0.25, 0.3) is 22.2 Å². The molecule has 0 unspecified atom stereocenters. The Hall–Kier alpha value is -3.54. The Morgan fingerprint density at radius 3 is 2.29 bits per heavy atom. The summed E-state index contributed by atoms with van der Waals surface area (Å²) >= 11 is 0. The van der Waals surface area contributed by atoms with E-state index in [0.29, 0.717) is 6.61 Å². The minimum Gasteiger partial charge on any atom is -0.373 e. The van der Waals surface area contributed by atoms with Gasteiger partial charge < -0.3 is 15.0 Å². The maximum atomic E-state index is 13.7. The minimum atomic E-state index is -0.0223. The van der Waals surface area contributed by atoms with Crippen molar-refractivity contribution >= 4 is 16.8 Å². The van der Waals surface area contributed by atoms with E-state index in [0.717, 1.165) is 77.1 Å². The average molecular weight is 548 g/mol. The topological polar surface area (TPSA) is 54.5 Å². The molecule has 0 spiro atoms. The first-order valence-corrected chi connectivity index (χ1v) is 15.3. The van der Waals surface area contributed by atoms with Crippen LogP contribution in [0.3, 0.4) is 0 Å². The second kappa shape index (κ2) is 13.0. The van der Waals surface area contributed by atoms with Crippen molar-refractivity contribution in [3.63, 3.8) is 0 Å². The highest BCUT2D eigenvalue weighted by molar-refractivity contribution is 5.92. The summed E-state index contributed by atoms with van der Waals surface area (Å²) in [5.74, 6) is 0.943. The maximum absolute atomic E-state index is 13.7. The summed E-state index contributed by atoms with van der Waals surface area (Å²) in [6, 6.07) is 28.7. The molecule has 1 atom stereocenters. The van der Waals surface area contributed by atoms with Crippen molar-refractivity contribution in [3.8, 4) is 11.3 Å². The highest BCUT2D eigenvalue weighted by Gasteiger charge is 2.28. The largest absolute Gasteiger partial charge is 0.373 e. The predicted octanol–water partition coefficient (Wildman–Crippen LogP) is 7.10. The van der Waals surface area contributed by atoms with Gasteiger partial charge in [0.2, 0.25) is 5.91 Å². The number of rotatable bonds is 11. The molecule has 1 saturated carbocycles. The van der Waals surface area contributed by atoms with Crippen LogP contribution in [0.5, 0.6) is 0 Å². The molecule has 5 heteroatoms. The van der Waals surface area contributed by atoms with Gasteiger partial charge in [-0.1, -0.05) is 85.8 Å². The summed E-state index contributed by atoms with van der Waals surface area (Å²) < 4.78 is 6.64. The van der Waals surface area contributed by atoms with Crippen LogP contribution < -0.4 is 5.32 Å². The molecule has 4 aromatic rings. The first kappa shape index (κ1) is 27.6. The first-order valence-electron chi connectivity index (χ1n) is 15.3. The molecule has 1 aliphatic heterocycles. The highest BCUT2D eigenvalue weighted by Crippen LogP contribution is 2.33. The molecule has 1 aromatic heterocycles. The van der Waals surface area contributed by atoms with Crippen LogP contribution in [0.4, 0.5) is 0 Å². The van der Waals surface area contributed by atoms with Gasteiger partial charge in [-0.25, -0.2) is 4.98 Å². The number of hydrogen-bond acceptors (Lipinski definition) is 4. The smallest absolute Gasteiger partial charge is 0.224 e. The van der Waals surface area contributed by atoms with E-state index in [1.54, 1.807) is 0 Å². The van der Waals surface area contributed by atoms with Crippen molar-refractivity contribution < 1.29 is 9.53 Å². The van der Waals surface area contributed by atoms with Crippen LogP contribution in [-0.4, -0.2) is 41.5 Å². The van der Waals surface area contributed by atoms with Crippen molar-refractivity contribution in [3.05, 3.63) is 102 Å². The summed E-state index contributed by atoms with van der Waals surface area (Å²) in [4.78, 5) is 21.4. The van der Waals surface area contributed by atoms with E-state index in [9.17, 15) is 4.79 Å². The van der Waals surface area contributed by atoms with E-state index in [-0.39, 0.29) is 24.5 Å². The Morgan fingerprint density at radius 2 is 1.59 bits per heavy atom. The molecule has 6 rings (SSSR count). The lowest BCUT2D eigenvalue weighted by molar-refractivity contribution is -0.121. The van der Waals surface area contributed by atoms with Crippen molar-refractivity contribution in [1.82, 2.24) is 15.2 Å². The van der Waals surface area contributed by atoms with Crippen LogP contribution in [0.1, 0.15) is 61.8 Å².